The smallest absolute Gasteiger partial charge is 0.0154 e. The van der Waals surface area contributed by atoms with Gasteiger partial charge in [0.05, 0.1) is 0 Å². The molecule has 0 atom stereocenters. The molecule has 0 bridgehead atoms. The van der Waals surface area contributed by atoms with Gasteiger partial charge in [0, 0.05) is 5.75 Å². The maximum atomic E-state index is 4.23. The van der Waals surface area contributed by atoms with Crippen molar-refractivity contribution in [3.8, 4) is 0 Å². The van der Waals surface area contributed by atoms with Gasteiger partial charge in [0.25, 0.3) is 0 Å². The molecular weight excluding hydrogens is 152 g/mol. The van der Waals surface area contributed by atoms with Gasteiger partial charge in [0.2, 0.25) is 0 Å². The van der Waals surface area contributed by atoms with Crippen LogP contribution in [0.2, 0.25) is 0 Å². The first kappa shape index (κ1) is 8.66. The fourth-order valence-corrected chi connectivity index (χ4v) is 1.25. The van der Waals surface area contributed by atoms with Crippen molar-refractivity contribution in [3.05, 3.63) is 35.4 Å². The standard InChI is InChI=1S/C10H14S/c1-8(2)10-5-3-4-9(6-10)7-11/h3-6,8,11H,7H2,1-2H3. The highest BCUT2D eigenvalue weighted by molar-refractivity contribution is 7.79. The van der Waals surface area contributed by atoms with Crippen LogP contribution in [0.4, 0.5) is 0 Å². The van der Waals surface area contributed by atoms with Crippen LogP contribution in [-0.2, 0) is 5.75 Å². The fraction of sp³-hybridized carbons (Fsp3) is 0.400. The van der Waals surface area contributed by atoms with Gasteiger partial charge < -0.3 is 0 Å². The summed E-state index contributed by atoms with van der Waals surface area (Å²) < 4.78 is 0. The predicted molar refractivity (Wildman–Crippen MR) is 53.2 cm³/mol. The second kappa shape index (κ2) is 3.82. The van der Waals surface area contributed by atoms with Crippen molar-refractivity contribution in [1.82, 2.24) is 0 Å². The molecular formula is C10H14S. The molecule has 0 spiro atoms. The quantitative estimate of drug-likeness (QED) is 0.641. The van der Waals surface area contributed by atoms with E-state index in [2.05, 4.69) is 50.7 Å². The molecule has 0 fully saturated rings. The summed E-state index contributed by atoms with van der Waals surface area (Å²) in [5.41, 5.74) is 2.70. The van der Waals surface area contributed by atoms with Gasteiger partial charge in [-0.15, -0.1) is 0 Å². The lowest BCUT2D eigenvalue weighted by atomic mass is 10.0. The summed E-state index contributed by atoms with van der Waals surface area (Å²) in [5.74, 6) is 1.45. The van der Waals surface area contributed by atoms with Crippen LogP contribution >= 0.6 is 12.6 Å². The Morgan fingerprint density at radius 3 is 2.64 bits per heavy atom. The summed E-state index contributed by atoms with van der Waals surface area (Å²) in [6.07, 6.45) is 0. The largest absolute Gasteiger partial charge is 0.175 e. The average molecular weight is 166 g/mol. The average Bonchev–Trinajstić information content (AvgIpc) is 2.05. The van der Waals surface area contributed by atoms with Gasteiger partial charge in [-0.1, -0.05) is 38.1 Å². The maximum absolute atomic E-state index is 4.23. The third kappa shape index (κ3) is 2.26. The van der Waals surface area contributed by atoms with Crippen LogP contribution in [0.3, 0.4) is 0 Å². The fourth-order valence-electron chi connectivity index (χ4n) is 1.05. The zero-order chi connectivity index (χ0) is 8.27. The Labute approximate surface area is 74.0 Å². The molecule has 1 rings (SSSR count). The van der Waals surface area contributed by atoms with E-state index in [4.69, 9.17) is 0 Å². The Bertz CT molecular complexity index is 228. The van der Waals surface area contributed by atoms with Gasteiger partial charge in [-0.2, -0.15) is 12.6 Å². The first-order chi connectivity index (χ1) is 5.24. The Balaban J connectivity index is 2.91. The van der Waals surface area contributed by atoms with Crippen LogP contribution in [-0.4, -0.2) is 0 Å². The minimum Gasteiger partial charge on any atom is -0.175 e. The number of benzene rings is 1. The van der Waals surface area contributed by atoms with E-state index in [1.54, 1.807) is 0 Å². The number of thiol groups is 1. The van der Waals surface area contributed by atoms with E-state index in [1.165, 1.54) is 11.1 Å². The second-order valence-electron chi connectivity index (χ2n) is 3.06. The minimum absolute atomic E-state index is 0.620. The third-order valence-electron chi connectivity index (χ3n) is 1.80. The van der Waals surface area contributed by atoms with E-state index in [9.17, 15) is 0 Å². The van der Waals surface area contributed by atoms with Crippen molar-refractivity contribution in [2.24, 2.45) is 0 Å². The molecule has 60 valence electrons. The number of hydrogen-bond donors (Lipinski definition) is 1. The van der Waals surface area contributed by atoms with E-state index >= 15 is 0 Å². The van der Waals surface area contributed by atoms with Crippen molar-refractivity contribution in [3.63, 3.8) is 0 Å². The molecule has 0 aromatic heterocycles. The molecule has 0 amide bonds. The minimum atomic E-state index is 0.620. The lowest BCUT2D eigenvalue weighted by Crippen LogP contribution is -1.87. The van der Waals surface area contributed by atoms with Gasteiger partial charge >= 0.3 is 0 Å². The monoisotopic (exact) mass is 166 g/mol. The topological polar surface area (TPSA) is 0 Å². The molecule has 1 heteroatoms. The molecule has 0 N–H and O–H groups in total. The van der Waals surface area contributed by atoms with Crippen molar-refractivity contribution in [2.45, 2.75) is 25.5 Å². The van der Waals surface area contributed by atoms with Gasteiger partial charge in [-0.05, 0) is 17.0 Å². The van der Waals surface area contributed by atoms with Crippen molar-refractivity contribution >= 4 is 12.6 Å². The third-order valence-corrected chi connectivity index (χ3v) is 2.17. The predicted octanol–water partition coefficient (Wildman–Crippen LogP) is 3.24. The SMILES string of the molecule is CC(C)c1cccc(CS)c1. The van der Waals surface area contributed by atoms with E-state index in [0.717, 1.165) is 5.75 Å². The van der Waals surface area contributed by atoms with Crippen LogP contribution in [0.25, 0.3) is 0 Å². The van der Waals surface area contributed by atoms with Gasteiger partial charge in [0.1, 0.15) is 0 Å². The van der Waals surface area contributed by atoms with Crippen molar-refractivity contribution in [1.29, 1.82) is 0 Å². The molecule has 1 aromatic carbocycles. The lowest BCUT2D eigenvalue weighted by molar-refractivity contribution is 0.864. The van der Waals surface area contributed by atoms with E-state index in [0.29, 0.717) is 5.92 Å². The van der Waals surface area contributed by atoms with Crippen LogP contribution in [0.5, 0.6) is 0 Å². The summed E-state index contributed by atoms with van der Waals surface area (Å²) >= 11 is 4.23. The summed E-state index contributed by atoms with van der Waals surface area (Å²) in [6.45, 7) is 4.41. The first-order valence-electron chi connectivity index (χ1n) is 3.93. The molecule has 0 aliphatic rings. The molecule has 0 unspecified atom stereocenters. The lowest BCUT2D eigenvalue weighted by Gasteiger charge is -2.05. The second-order valence-corrected chi connectivity index (χ2v) is 3.37. The highest BCUT2D eigenvalue weighted by Gasteiger charge is 1.97. The molecule has 0 radical (unpaired) electrons. The van der Waals surface area contributed by atoms with Crippen molar-refractivity contribution in [2.75, 3.05) is 0 Å². The van der Waals surface area contributed by atoms with E-state index in [-0.39, 0.29) is 0 Å². The molecule has 0 aliphatic carbocycles. The molecule has 0 saturated heterocycles. The summed E-state index contributed by atoms with van der Waals surface area (Å²) in [6, 6.07) is 8.59. The van der Waals surface area contributed by atoms with Crippen LogP contribution in [0, 0.1) is 0 Å². The maximum Gasteiger partial charge on any atom is 0.0154 e. The van der Waals surface area contributed by atoms with E-state index in [1.807, 2.05) is 0 Å². The molecule has 0 saturated carbocycles. The Morgan fingerprint density at radius 2 is 2.09 bits per heavy atom. The van der Waals surface area contributed by atoms with Crippen LogP contribution < -0.4 is 0 Å². The van der Waals surface area contributed by atoms with Gasteiger partial charge in [-0.3, -0.25) is 0 Å². The molecule has 11 heavy (non-hydrogen) atoms. The number of rotatable bonds is 2. The molecule has 0 heterocycles. The zero-order valence-electron chi connectivity index (χ0n) is 7.04. The van der Waals surface area contributed by atoms with Crippen LogP contribution in [0.1, 0.15) is 30.9 Å². The summed E-state index contributed by atoms with van der Waals surface area (Å²) in [5, 5.41) is 0. The molecule has 0 nitrogen and oxygen atoms in total. The van der Waals surface area contributed by atoms with Gasteiger partial charge in [0.15, 0.2) is 0 Å². The Hall–Kier alpha value is -0.430. The molecule has 1 aromatic rings. The van der Waals surface area contributed by atoms with Gasteiger partial charge in [-0.25, -0.2) is 0 Å². The van der Waals surface area contributed by atoms with E-state index < -0.39 is 0 Å². The Morgan fingerprint density at radius 1 is 1.36 bits per heavy atom. The Kier molecular flexibility index (Phi) is 3.01. The zero-order valence-corrected chi connectivity index (χ0v) is 7.94. The normalized spacial score (nSPS) is 10.5. The summed E-state index contributed by atoms with van der Waals surface area (Å²) in [7, 11) is 0. The van der Waals surface area contributed by atoms with Crippen molar-refractivity contribution < 1.29 is 0 Å². The highest BCUT2D eigenvalue weighted by Crippen LogP contribution is 2.16. The first-order valence-corrected chi connectivity index (χ1v) is 4.57. The van der Waals surface area contributed by atoms with Crippen LogP contribution in [0.15, 0.2) is 24.3 Å². The highest BCUT2D eigenvalue weighted by atomic mass is 32.1. The number of hydrogen-bond acceptors (Lipinski definition) is 1. The molecule has 0 aliphatic heterocycles. The summed E-state index contributed by atoms with van der Waals surface area (Å²) in [4.78, 5) is 0.